The van der Waals surface area contributed by atoms with Crippen LogP contribution in [0.3, 0.4) is 0 Å². The molecule has 5 aromatic carbocycles. The molecule has 41 heavy (non-hydrogen) atoms. The molecular weight excluding hydrogens is 569 g/mol. The van der Waals surface area contributed by atoms with Crippen molar-refractivity contribution < 1.29 is 0 Å². The number of nitrogens with zero attached hydrogens (tertiary/aromatic N) is 2. The molecule has 1 aromatic heterocycles. The maximum Gasteiger partial charge on any atom is 0.0476 e. The van der Waals surface area contributed by atoms with Crippen LogP contribution in [0.25, 0.3) is 21.8 Å². The number of rotatable bonds is 6. The molecule has 0 saturated carbocycles. The van der Waals surface area contributed by atoms with Crippen molar-refractivity contribution in [3.63, 3.8) is 0 Å². The van der Waals surface area contributed by atoms with Gasteiger partial charge in [0.2, 0.25) is 0 Å². The van der Waals surface area contributed by atoms with Gasteiger partial charge in [0.1, 0.15) is 0 Å². The highest BCUT2D eigenvalue weighted by molar-refractivity contribution is 6.31. The van der Waals surface area contributed by atoms with Gasteiger partial charge in [0.05, 0.1) is 0 Å². The second kappa shape index (κ2) is 10.7. The summed E-state index contributed by atoms with van der Waals surface area (Å²) in [5.41, 5.74) is 8.24. The Kier molecular flexibility index (Phi) is 6.72. The van der Waals surface area contributed by atoms with Crippen molar-refractivity contribution in [3.8, 4) is 0 Å². The third kappa shape index (κ3) is 4.98. The Hall–Kier alpha value is -4.15. The predicted octanol–water partition coefficient (Wildman–Crippen LogP) is 11.7. The molecule has 7 rings (SSSR count). The standard InChI is InChI=1S/C35H24Cl3N3/c36-23-6-3-11-27(18-23)40(26-9-1-2-10-26)30-14-16-34-32(21-30)33-22-31(15-17-35(33)39-34)41(28-12-4-7-24(37)19-28)29-13-5-8-25(38)20-29/h1,3-22,39H,2H2. The number of benzene rings is 5. The Bertz CT molecular complexity index is 1940. The summed E-state index contributed by atoms with van der Waals surface area (Å²) in [6.45, 7) is 0. The average molecular weight is 593 g/mol. The molecule has 1 aliphatic carbocycles. The zero-order valence-corrected chi connectivity index (χ0v) is 24.1. The summed E-state index contributed by atoms with van der Waals surface area (Å²) in [7, 11) is 0. The van der Waals surface area contributed by atoms with Gasteiger partial charge in [-0.05, 0) is 103 Å². The Morgan fingerprint density at radius 2 is 0.976 bits per heavy atom. The lowest BCUT2D eigenvalue weighted by Gasteiger charge is -2.26. The molecule has 6 aromatic rings. The number of halogens is 3. The molecule has 0 aliphatic heterocycles. The van der Waals surface area contributed by atoms with E-state index in [9.17, 15) is 0 Å². The van der Waals surface area contributed by atoms with E-state index < -0.39 is 0 Å². The van der Waals surface area contributed by atoms with Crippen LogP contribution in [0.4, 0.5) is 28.4 Å². The first-order chi connectivity index (χ1) is 20.0. The SMILES string of the molecule is Clc1cccc(N(C2=CCC=C2)c2ccc3[nH]c4ccc(N(c5cccc(Cl)c5)c5cccc(Cl)c5)cc4c3c2)c1. The molecule has 0 fully saturated rings. The molecule has 1 N–H and O–H groups in total. The van der Waals surface area contributed by atoms with Crippen LogP contribution in [0.15, 0.2) is 133 Å². The van der Waals surface area contributed by atoms with Crippen molar-refractivity contribution in [2.24, 2.45) is 0 Å². The molecule has 0 radical (unpaired) electrons. The topological polar surface area (TPSA) is 22.3 Å². The minimum absolute atomic E-state index is 0.670. The first kappa shape index (κ1) is 25.8. The van der Waals surface area contributed by atoms with E-state index in [1.807, 2.05) is 54.6 Å². The van der Waals surface area contributed by atoms with Crippen molar-refractivity contribution in [2.45, 2.75) is 6.42 Å². The van der Waals surface area contributed by atoms with E-state index in [2.05, 4.69) is 87.6 Å². The minimum Gasteiger partial charge on any atom is -0.355 e. The average Bonchev–Trinajstić information content (AvgIpc) is 3.62. The van der Waals surface area contributed by atoms with Gasteiger partial charge >= 0.3 is 0 Å². The van der Waals surface area contributed by atoms with Crippen LogP contribution in [0, 0.1) is 0 Å². The van der Waals surface area contributed by atoms with E-state index in [0.29, 0.717) is 15.1 Å². The number of aromatic amines is 1. The third-order valence-electron chi connectivity index (χ3n) is 7.29. The molecule has 0 amide bonds. The fraction of sp³-hybridized carbons (Fsp3) is 0.0286. The lowest BCUT2D eigenvalue weighted by Crippen LogP contribution is -2.14. The van der Waals surface area contributed by atoms with Crippen molar-refractivity contribution in [3.05, 3.63) is 148 Å². The first-order valence-corrected chi connectivity index (χ1v) is 14.5. The normalized spacial score (nSPS) is 12.7. The van der Waals surface area contributed by atoms with Gasteiger partial charge in [-0.15, -0.1) is 0 Å². The van der Waals surface area contributed by atoms with Crippen LogP contribution in [0.1, 0.15) is 6.42 Å². The van der Waals surface area contributed by atoms with E-state index in [-0.39, 0.29) is 0 Å². The van der Waals surface area contributed by atoms with E-state index in [1.54, 1.807) is 0 Å². The number of aromatic nitrogens is 1. The molecule has 0 atom stereocenters. The monoisotopic (exact) mass is 591 g/mol. The molecule has 0 bridgehead atoms. The lowest BCUT2D eigenvalue weighted by molar-refractivity contribution is 1.21. The summed E-state index contributed by atoms with van der Waals surface area (Å²) < 4.78 is 0. The fourth-order valence-electron chi connectivity index (χ4n) is 5.50. The molecule has 6 heteroatoms. The second-order valence-electron chi connectivity index (χ2n) is 9.96. The van der Waals surface area contributed by atoms with Crippen molar-refractivity contribution in [1.82, 2.24) is 4.98 Å². The van der Waals surface area contributed by atoms with Gasteiger partial charge in [-0.2, -0.15) is 0 Å². The fourth-order valence-corrected chi connectivity index (χ4v) is 6.06. The summed E-state index contributed by atoms with van der Waals surface area (Å²) in [6, 6.07) is 36.7. The molecule has 3 nitrogen and oxygen atoms in total. The van der Waals surface area contributed by atoms with Crippen LogP contribution in [-0.4, -0.2) is 4.98 Å². The number of nitrogens with one attached hydrogen (secondary N) is 1. The van der Waals surface area contributed by atoms with Crippen molar-refractivity contribution in [2.75, 3.05) is 9.80 Å². The van der Waals surface area contributed by atoms with Crippen LogP contribution >= 0.6 is 34.8 Å². The Morgan fingerprint density at radius 3 is 1.44 bits per heavy atom. The highest BCUT2D eigenvalue weighted by Gasteiger charge is 2.18. The van der Waals surface area contributed by atoms with Crippen LogP contribution < -0.4 is 9.80 Å². The van der Waals surface area contributed by atoms with Gasteiger partial charge in [0.15, 0.2) is 0 Å². The number of anilines is 5. The molecular formula is C35H24Cl3N3. The van der Waals surface area contributed by atoms with Gasteiger partial charge in [-0.3, -0.25) is 0 Å². The Balaban J connectivity index is 1.40. The third-order valence-corrected chi connectivity index (χ3v) is 8.00. The summed E-state index contributed by atoms with van der Waals surface area (Å²) in [4.78, 5) is 8.02. The minimum atomic E-state index is 0.670. The maximum atomic E-state index is 6.43. The lowest BCUT2D eigenvalue weighted by atomic mass is 10.1. The van der Waals surface area contributed by atoms with Gasteiger partial charge in [-0.25, -0.2) is 0 Å². The maximum absolute atomic E-state index is 6.43. The largest absolute Gasteiger partial charge is 0.355 e. The molecule has 0 unspecified atom stereocenters. The van der Waals surface area contributed by atoms with Crippen LogP contribution in [0.5, 0.6) is 0 Å². The Morgan fingerprint density at radius 1 is 0.512 bits per heavy atom. The molecule has 1 aliphatic rings. The molecule has 0 saturated heterocycles. The zero-order valence-electron chi connectivity index (χ0n) is 21.9. The summed E-state index contributed by atoms with van der Waals surface area (Å²) in [6.07, 6.45) is 7.47. The number of fused-ring (bicyclic) bond motifs is 3. The number of allylic oxidation sites excluding steroid dienone is 3. The Labute approximate surface area is 253 Å². The summed E-state index contributed by atoms with van der Waals surface area (Å²) in [5, 5.41) is 4.30. The van der Waals surface area contributed by atoms with E-state index in [1.165, 1.54) is 0 Å². The molecule has 1 heterocycles. The zero-order chi connectivity index (χ0) is 27.9. The first-order valence-electron chi connectivity index (χ1n) is 13.3. The number of H-pyrrole nitrogens is 1. The smallest absolute Gasteiger partial charge is 0.0476 e. The van der Waals surface area contributed by atoms with Crippen molar-refractivity contribution in [1.29, 1.82) is 0 Å². The van der Waals surface area contributed by atoms with E-state index in [4.69, 9.17) is 34.8 Å². The quantitative estimate of drug-likeness (QED) is 0.208. The number of hydrogen-bond acceptors (Lipinski definition) is 2. The molecule has 0 spiro atoms. The predicted molar refractivity (Wildman–Crippen MR) is 176 cm³/mol. The highest BCUT2D eigenvalue weighted by Crippen LogP contribution is 2.41. The van der Waals surface area contributed by atoms with Gasteiger partial charge in [-0.1, -0.05) is 65.2 Å². The van der Waals surface area contributed by atoms with E-state index >= 15 is 0 Å². The van der Waals surface area contributed by atoms with Gasteiger partial charge in [0, 0.05) is 71.0 Å². The molecule has 200 valence electrons. The second-order valence-corrected chi connectivity index (χ2v) is 11.3. The van der Waals surface area contributed by atoms with Crippen LogP contribution in [0.2, 0.25) is 15.1 Å². The summed E-state index contributed by atoms with van der Waals surface area (Å²) in [5.74, 6) is 0. The van der Waals surface area contributed by atoms with Gasteiger partial charge < -0.3 is 14.8 Å². The van der Waals surface area contributed by atoms with Crippen molar-refractivity contribution >= 4 is 85.0 Å². The highest BCUT2D eigenvalue weighted by atomic mass is 35.5. The summed E-state index contributed by atoms with van der Waals surface area (Å²) >= 11 is 19.3. The van der Waals surface area contributed by atoms with E-state index in [0.717, 1.165) is 62.4 Å². The number of hydrogen-bond donors (Lipinski definition) is 1. The van der Waals surface area contributed by atoms with Gasteiger partial charge in [0.25, 0.3) is 0 Å². The van der Waals surface area contributed by atoms with Crippen LogP contribution in [-0.2, 0) is 0 Å².